The molecule has 0 spiro atoms. The first-order valence-electron chi connectivity index (χ1n) is 6.87. The van der Waals surface area contributed by atoms with Gasteiger partial charge >= 0.3 is 0 Å². The highest BCUT2D eigenvalue weighted by Gasteiger charge is 2.28. The molecule has 1 aromatic carbocycles. The highest BCUT2D eigenvalue weighted by atomic mass is 32.1. The van der Waals surface area contributed by atoms with Crippen LogP contribution in [0.4, 0.5) is 5.00 Å². The highest BCUT2D eigenvalue weighted by Crippen LogP contribution is 2.33. The molecule has 1 aliphatic rings. The fraction of sp³-hybridized carbons (Fsp3) is 0.250. The molecule has 0 aliphatic heterocycles. The minimum atomic E-state index is -0.132. The van der Waals surface area contributed by atoms with Crippen LogP contribution in [-0.4, -0.2) is 17.7 Å². The summed E-state index contributed by atoms with van der Waals surface area (Å²) in [5.41, 5.74) is 7.69. The van der Waals surface area contributed by atoms with Crippen LogP contribution in [-0.2, 0) is 0 Å². The number of carbonyl (C=O) groups excluding carboxylic acids is 2. The first-order valence-corrected chi connectivity index (χ1v) is 7.69. The van der Waals surface area contributed by atoms with Gasteiger partial charge in [-0.15, -0.1) is 11.3 Å². The van der Waals surface area contributed by atoms with Crippen LogP contribution in [0.1, 0.15) is 44.0 Å². The summed E-state index contributed by atoms with van der Waals surface area (Å²) in [5.74, 6) is -0.258. The van der Waals surface area contributed by atoms with Crippen molar-refractivity contribution in [1.29, 1.82) is 0 Å². The van der Waals surface area contributed by atoms with Gasteiger partial charge in [0.15, 0.2) is 5.78 Å². The molecule has 108 valence electrons. The molecule has 3 N–H and O–H groups in total. The Labute approximate surface area is 127 Å². The zero-order valence-electron chi connectivity index (χ0n) is 11.7. The van der Waals surface area contributed by atoms with Crippen LogP contribution in [0, 0.1) is 6.92 Å². The third kappa shape index (κ3) is 2.69. The summed E-state index contributed by atoms with van der Waals surface area (Å²) in [4.78, 5) is 25.3. The van der Waals surface area contributed by atoms with Crippen molar-refractivity contribution in [3.63, 3.8) is 0 Å². The second-order valence-electron chi connectivity index (χ2n) is 5.24. The summed E-state index contributed by atoms with van der Waals surface area (Å²) < 4.78 is 0. The first-order chi connectivity index (χ1) is 10.1. The molecular formula is C16H16N2O2S. The van der Waals surface area contributed by atoms with Crippen molar-refractivity contribution in [1.82, 2.24) is 5.32 Å². The molecule has 4 nitrogen and oxygen atoms in total. The Morgan fingerprint density at radius 3 is 2.52 bits per heavy atom. The summed E-state index contributed by atoms with van der Waals surface area (Å²) in [6, 6.07) is 9.27. The van der Waals surface area contributed by atoms with Gasteiger partial charge in [-0.2, -0.15) is 0 Å². The van der Waals surface area contributed by atoms with E-state index in [1.165, 1.54) is 11.3 Å². The van der Waals surface area contributed by atoms with E-state index in [4.69, 9.17) is 5.73 Å². The van der Waals surface area contributed by atoms with Crippen molar-refractivity contribution in [3.05, 3.63) is 51.9 Å². The summed E-state index contributed by atoms with van der Waals surface area (Å²) >= 11 is 1.19. The number of nitrogens with two attached hydrogens (primary N) is 1. The SMILES string of the molecule is Cc1c(C(=O)NC2CC2)sc(N)c1C(=O)c1ccccc1. The summed E-state index contributed by atoms with van der Waals surface area (Å²) in [6.45, 7) is 1.78. The number of hydrogen-bond donors (Lipinski definition) is 2. The van der Waals surface area contributed by atoms with Gasteiger partial charge in [0.25, 0.3) is 5.91 Å². The van der Waals surface area contributed by atoms with Crippen LogP contribution >= 0.6 is 11.3 Å². The van der Waals surface area contributed by atoms with Crippen molar-refractivity contribution in [2.75, 3.05) is 5.73 Å². The van der Waals surface area contributed by atoms with Gasteiger partial charge in [-0.1, -0.05) is 30.3 Å². The minimum absolute atomic E-state index is 0.126. The number of thiophene rings is 1. The van der Waals surface area contributed by atoms with E-state index >= 15 is 0 Å². The second kappa shape index (κ2) is 5.33. The van der Waals surface area contributed by atoms with Gasteiger partial charge in [-0.3, -0.25) is 9.59 Å². The van der Waals surface area contributed by atoms with E-state index in [0.29, 0.717) is 26.6 Å². The molecule has 2 aromatic rings. The lowest BCUT2D eigenvalue weighted by Crippen LogP contribution is -2.25. The van der Waals surface area contributed by atoms with Crippen molar-refractivity contribution in [3.8, 4) is 0 Å². The van der Waals surface area contributed by atoms with Crippen LogP contribution in [0.3, 0.4) is 0 Å². The Morgan fingerprint density at radius 2 is 1.90 bits per heavy atom. The number of amides is 1. The van der Waals surface area contributed by atoms with Crippen molar-refractivity contribution in [2.45, 2.75) is 25.8 Å². The summed E-state index contributed by atoms with van der Waals surface area (Å²) in [5, 5.41) is 3.34. The van der Waals surface area contributed by atoms with Crippen LogP contribution in [0.25, 0.3) is 0 Å². The maximum Gasteiger partial charge on any atom is 0.261 e. The largest absolute Gasteiger partial charge is 0.390 e. The number of ketones is 1. The molecular weight excluding hydrogens is 284 g/mol. The van der Waals surface area contributed by atoms with Gasteiger partial charge in [-0.25, -0.2) is 0 Å². The molecule has 0 atom stereocenters. The van der Waals surface area contributed by atoms with Crippen molar-refractivity contribution >= 4 is 28.0 Å². The Hall–Kier alpha value is -2.14. The molecule has 1 aromatic heterocycles. The number of benzene rings is 1. The van der Waals surface area contributed by atoms with Crippen LogP contribution < -0.4 is 11.1 Å². The number of nitrogens with one attached hydrogen (secondary N) is 1. The zero-order chi connectivity index (χ0) is 15.0. The van der Waals surface area contributed by atoms with Crippen LogP contribution in [0.2, 0.25) is 0 Å². The van der Waals surface area contributed by atoms with E-state index in [1.807, 2.05) is 18.2 Å². The predicted octanol–water partition coefficient (Wildman–Crippen LogP) is 2.76. The maximum absolute atomic E-state index is 12.6. The molecule has 1 heterocycles. The van der Waals surface area contributed by atoms with E-state index in [9.17, 15) is 9.59 Å². The van der Waals surface area contributed by atoms with E-state index in [0.717, 1.165) is 12.8 Å². The molecule has 0 saturated heterocycles. The standard InChI is InChI=1S/C16H16N2O2S/c1-9-12(13(19)10-5-3-2-4-6-10)15(17)21-14(9)16(20)18-11-7-8-11/h2-6,11H,7-8,17H2,1H3,(H,18,20). The maximum atomic E-state index is 12.6. The van der Waals surface area contributed by atoms with Crippen molar-refractivity contribution < 1.29 is 9.59 Å². The molecule has 1 saturated carbocycles. The first kappa shape index (κ1) is 13.8. The number of anilines is 1. The molecule has 1 fully saturated rings. The van der Waals surface area contributed by atoms with E-state index in [1.54, 1.807) is 19.1 Å². The van der Waals surface area contributed by atoms with E-state index < -0.39 is 0 Å². The Morgan fingerprint density at radius 1 is 1.24 bits per heavy atom. The van der Waals surface area contributed by atoms with Gasteiger partial charge < -0.3 is 11.1 Å². The monoisotopic (exact) mass is 300 g/mol. The van der Waals surface area contributed by atoms with E-state index in [2.05, 4.69) is 5.32 Å². The molecule has 3 rings (SSSR count). The molecule has 0 radical (unpaired) electrons. The fourth-order valence-electron chi connectivity index (χ4n) is 2.25. The minimum Gasteiger partial charge on any atom is -0.390 e. The zero-order valence-corrected chi connectivity index (χ0v) is 12.5. The van der Waals surface area contributed by atoms with Gasteiger partial charge in [-0.05, 0) is 25.3 Å². The quantitative estimate of drug-likeness (QED) is 0.853. The molecule has 0 unspecified atom stereocenters. The van der Waals surface area contributed by atoms with Gasteiger partial charge in [0.05, 0.1) is 15.4 Å². The number of hydrogen-bond acceptors (Lipinski definition) is 4. The van der Waals surface area contributed by atoms with Crippen LogP contribution in [0.5, 0.6) is 0 Å². The third-order valence-electron chi connectivity index (χ3n) is 3.56. The lowest BCUT2D eigenvalue weighted by Gasteiger charge is -2.03. The number of carbonyl (C=O) groups is 2. The summed E-state index contributed by atoms with van der Waals surface area (Å²) in [6.07, 6.45) is 2.06. The smallest absolute Gasteiger partial charge is 0.261 e. The van der Waals surface area contributed by atoms with Crippen molar-refractivity contribution in [2.24, 2.45) is 0 Å². The molecule has 1 amide bonds. The molecule has 1 aliphatic carbocycles. The highest BCUT2D eigenvalue weighted by molar-refractivity contribution is 7.18. The van der Waals surface area contributed by atoms with Crippen LogP contribution in [0.15, 0.2) is 30.3 Å². The Kier molecular flexibility index (Phi) is 3.51. The predicted molar refractivity (Wildman–Crippen MR) is 83.8 cm³/mol. The second-order valence-corrected chi connectivity index (χ2v) is 6.29. The van der Waals surface area contributed by atoms with Gasteiger partial charge in [0.2, 0.25) is 0 Å². The topological polar surface area (TPSA) is 72.2 Å². The van der Waals surface area contributed by atoms with Gasteiger partial charge in [0, 0.05) is 11.6 Å². The Bertz CT molecular complexity index is 703. The fourth-order valence-corrected chi connectivity index (χ4v) is 3.22. The number of nitrogen functional groups attached to an aromatic ring is 1. The average molecular weight is 300 g/mol. The molecule has 0 bridgehead atoms. The number of rotatable bonds is 4. The third-order valence-corrected chi connectivity index (χ3v) is 4.68. The van der Waals surface area contributed by atoms with Gasteiger partial charge in [0.1, 0.15) is 0 Å². The van der Waals surface area contributed by atoms with E-state index in [-0.39, 0.29) is 17.7 Å². The Balaban J connectivity index is 1.94. The average Bonchev–Trinajstić information content (AvgIpc) is 3.24. The molecule has 5 heteroatoms. The lowest BCUT2D eigenvalue weighted by molar-refractivity contribution is 0.0954. The normalized spacial score (nSPS) is 14.0. The lowest BCUT2D eigenvalue weighted by atomic mass is 10.0. The molecule has 21 heavy (non-hydrogen) atoms. The summed E-state index contributed by atoms with van der Waals surface area (Å²) in [7, 11) is 0.